The van der Waals surface area contributed by atoms with Crippen molar-refractivity contribution in [2.45, 2.75) is 100 Å². The molecule has 3 aromatic heterocycles. The van der Waals surface area contributed by atoms with Gasteiger partial charge < -0.3 is 14.2 Å². The van der Waals surface area contributed by atoms with Crippen molar-refractivity contribution >= 4 is 108 Å². The Morgan fingerprint density at radius 2 is 0.543 bits per heavy atom. The molecule has 456 valence electrons. The van der Waals surface area contributed by atoms with Crippen LogP contribution in [-0.4, -0.2) is 0 Å². The van der Waals surface area contributed by atoms with Crippen LogP contribution in [-0.2, 0) is 36.4 Å². The summed E-state index contributed by atoms with van der Waals surface area (Å²) < 4.78 is 26.3. The monoisotopic (exact) mass is 1220 g/mol. The normalized spacial score (nSPS) is 15.0. The third-order valence-electron chi connectivity index (χ3n) is 21.8. The first-order valence-corrected chi connectivity index (χ1v) is 32.1. The third-order valence-corrected chi connectivity index (χ3v) is 21.8. The van der Waals surface area contributed by atoms with Crippen LogP contribution in [0.5, 0.6) is 17.2 Å². The fraction of sp³-hybridized carbons (Fsp3) is 0.170. The highest BCUT2D eigenvalue weighted by atomic mass is 16.5. The van der Waals surface area contributed by atoms with Crippen molar-refractivity contribution in [2.75, 3.05) is 0 Å². The van der Waals surface area contributed by atoms with E-state index >= 15 is 0 Å². The van der Waals surface area contributed by atoms with Crippen molar-refractivity contribution in [1.82, 2.24) is 0 Å². The van der Waals surface area contributed by atoms with Gasteiger partial charge in [-0.15, -0.1) is 0 Å². The van der Waals surface area contributed by atoms with E-state index in [2.05, 4.69) is 286 Å². The summed E-state index contributed by atoms with van der Waals surface area (Å²) in [6, 6.07) is 77.5. The lowest BCUT2D eigenvalue weighted by molar-refractivity contribution is -0.716. The van der Waals surface area contributed by atoms with Gasteiger partial charge in [-0.3, -0.25) is 0 Å². The average molecular weight is 1220 g/mol. The zero-order valence-electron chi connectivity index (χ0n) is 51.6. The highest BCUT2D eigenvalue weighted by molar-refractivity contribution is 6.17. The molecule has 13 aromatic carbocycles. The molecule has 6 nitrogen and oxygen atoms in total. The molecule has 0 radical (unpaired) electrons. The highest BCUT2D eigenvalue weighted by Gasteiger charge is 2.51. The van der Waals surface area contributed by atoms with Gasteiger partial charge in [0.1, 0.15) is 17.2 Å². The molecule has 0 unspecified atom stereocenters. The van der Waals surface area contributed by atoms with E-state index < -0.39 is 0 Å². The van der Waals surface area contributed by atoms with Crippen LogP contribution < -0.4 is 27.9 Å². The summed E-state index contributed by atoms with van der Waals surface area (Å²) in [4.78, 5) is 0. The lowest BCUT2D eigenvalue weighted by Crippen LogP contribution is -2.42. The first-order valence-electron chi connectivity index (χ1n) is 32.1. The Morgan fingerprint density at radius 1 is 0.255 bits per heavy atom. The van der Waals surface area contributed by atoms with E-state index in [1.165, 1.54) is 175 Å². The molecule has 22 rings (SSSR count). The van der Waals surface area contributed by atoms with Crippen LogP contribution in [0.4, 0.5) is 0 Å². The average Bonchev–Trinajstić information content (AvgIpc) is 1.53. The second kappa shape index (κ2) is 19.9. The van der Waals surface area contributed by atoms with Crippen molar-refractivity contribution in [3.63, 3.8) is 0 Å². The number of pyridine rings is 3. The van der Waals surface area contributed by atoms with Gasteiger partial charge in [-0.1, -0.05) is 215 Å². The molecule has 0 saturated carbocycles. The zero-order valence-corrected chi connectivity index (χ0v) is 51.6. The number of fused-ring (bicyclic) bond motifs is 19. The highest BCUT2D eigenvalue weighted by Crippen LogP contribution is 2.60. The fourth-order valence-corrected chi connectivity index (χ4v) is 17.6. The lowest BCUT2D eigenvalue weighted by Gasteiger charge is -2.22. The maximum atomic E-state index is 6.52. The van der Waals surface area contributed by atoms with Crippen LogP contribution in [0.1, 0.15) is 97.2 Å². The molecule has 6 heterocycles. The first kappa shape index (κ1) is 57.2. The second-order valence-electron chi connectivity index (χ2n) is 27.7. The molecule has 0 N–H and O–H groups in total. The second-order valence-corrected chi connectivity index (χ2v) is 27.7. The summed E-state index contributed by atoms with van der Waals surface area (Å²) in [7, 11) is 0. The van der Waals surface area contributed by atoms with Crippen LogP contribution in [0.2, 0.25) is 0 Å². The van der Waals surface area contributed by atoms with E-state index in [0.717, 1.165) is 17.2 Å². The molecule has 3 aliphatic heterocycles. The van der Waals surface area contributed by atoms with E-state index in [4.69, 9.17) is 14.2 Å². The summed E-state index contributed by atoms with van der Waals surface area (Å²) in [5.74, 6) is 3.14. The van der Waals surface area contributed by atoms with Gasteiger partial charge >= 0.3 is 0 Å². The molecule has 0 bridgehead atoms. The minimum absolute atomic E-state index is 0. The zero-order chi connectivity index (χ0) is 60.6. The van der Waals surface area contributed by atoms with Gasteiger partial charge in [0.15, 0.2) is 18.6 Å². The number of ether oxygens (including phenoxy) is 3. The third kappa shape index (κ3) is 7.45. The Kier molecular flexibility index (Phi) is 12.1. The van der Waals surface area contributed by atoms with Crippen LogP contribution in [0.3, 0.4) is 0 Å². The summed E-state index contributed by atoms with van der Waals surface area (Å²) in [5, 5.41) is 25.6. The number of nitrogens with zero attached hydrogens (tertiary/aromatic N) is 3. The van der Waals surface area contributed by atoms with E-state index in [1.807, 2.05) is 0 Å². The predicted molar refractivity (Wildman–Crippen MR) is 390 cm³/mol. The van der Waals surface area contributed by atoms with Crippen LogP contribution in [0.25, 0.3) is 141 Å². The van der Waals surface area contributed by atoms with Gasteiger partial charge in [0.25, 0.3) is 20.2 Å². The summed E-state index contributed by atoms with van der Waals surface area (Å²) in [6.07, 6.45) is 6.76. The number of hydrogen-bond donors (Lipinski definition) is 0. The molecule has 0 atom stereocenters. The van der Waals surface area contributed by atoms with Crippen molar-refractivity contribution in [2.24, 2.45) is 0 Å². The predicted octanol–water partition coefficient (Wildman–Crippen LogP) is 21.3. The maximum absolute atomic E-state index is 6.52. The first-order chi connectivity index (χ1) is 44.4. The molecule has 0 spiro atoms. The number of benzene rings is 13. The maximum Gasteiger partial charge on any atom is 0.292 e. The van der Waals surface area contributed by atoms with Crippen LogP contribution in [0, 0.1) is 0 Å². The van der Waals surface area contributed by atoms with Crippen molar-refractivity contribution in [1.29, 1.82) is 0 Å². The van der Waals surface area contributed by atoms with Gasteiger partial charge in [0.2, 0.25) is 17.1 Å². The van der Waals surface area contributed by atoms with Gasteiger partial charge in [0.05, 0.1) is 16.7 Å². The van der Waals surface area contributed by atoms with Crippen LogP contribution >= 0.6 is 0 Å². The molecule has 0 fully saturated rings. The summed E-state index contributed by atoms with van der Waals surface area (Å²) in [6.45, 7) is 15.9. The minimum Gasteiger partial charge on any atom is -0.434 e. The molecule has 6 heteroatoms. The Balaban J connectivity index is 0.000000106. The Bertz CT molecular complexity index is 5840. The van der Waals surface area contributed by atoms with E-state index in [9.17, 15) is 0 Å². The molecule has 16 aromatic rings. The Hall–Kier alpha value is -10.7. The minimum atomic E-state index is -0.123. The Labute approximate surface area is 548 Å². The van der Waals surface area contributed by atoms with Crippen LogP contribution in [0.15, 0.2) is 231 Å². The molecular formula is C88H74N3O3+3. The number of hydrogen-bond acceptors (Lipinski definition) is 3. The quantitative estimate of drug-likeness (QED) is 0.0863. The molecule has 94 heavy (non-hydrogen) atoms. The van der Waals surface area contributed by atoms with Crippen molar-refractivity contribution in [3.05, 3.63) is 264 Å². The van der Waals surface area contributed by atoms with E-state index in [0.29, 0.717) is 20.2 Å². The molecular weight excluding hydrogens is 1150 g/mol. The topological polar surface area (TPSA) is 39.3 Å². The van der Waals surface area contributed by atoms with Gasteiger partial charge in [-0.05, 0) is 153 Å². The smallest absolute Gasteiger partial charge is 0.292 e. The number of rotatable bonds is 0. The molecule has 0 saturated heterocycles. The summed E-state index contributed by atoms with van der Waals surface area (Å²) in [5.41, 5.74) is 15.9. The largest absolute Gasteiger partial charge is 0.434 e. The summed E-state index contributed by atoms with van der Waals surface area (Å²) >= 11 is 0. The molecule has 0 amide bonds. The number of aromatic nitrogens is 3. The fourth-order valence-electron chi connectivity index (χ4n) is 17.6. The molecule has 3 aliphatic carbocycles. The standard InChI is InChI=1S/C31H22NO.2C27H20NO.3CH4/c1-31(2)26-15-25-22-10-6-5-7-18(22)11-12-23(25)30-27(26)29-28(31)24-14-20-9-4-3-8-19(20)13-21(24)16-32(29)17-33-30;2*1-27(2)22-13-21-18-9-5-3-7-16(18)11-12-20(21)26-23(22)25-24(27)19-10-6-4-8-17(19)14-28(25)15-29-26;;;/h3-16H,17H2,1-2H3;2*3-14H,15H2,1-2H3;3*1H4/q3*+1;;;. The van der Waals surface area contributed by atoms with Gasteiger partial charge in [-0.25, -0.2) is 0 Å². The van der Waals surface area contributed by atoms with E-state index in [1.54, 1.807) is 0 Å². The molecule has 6 aliphatic rings. The Morgan fingerprint density at radius 3 is 0.904 bits per heavy atom. The van der Waals surface area contributed by atoms with Gasteiger partial charge in [-0.2, -0.15) is 13.7 Å². The van der Waals surface area contributed by atoms with Crippen molar-refractivity contribution < 1.29 is 27.9 Å². The SMILES string of the molecule is C.C.C.CC1(C)c2cc3c(ccc4ccccc43)c3c2-c2c1c1cc4ccccc4cc1c[n+]2CO3.CC1(C)c2cc3c(ccc4ccccc43)c3c2-c2c1c1ccccc1c[n+]2CO3.CC1(C)c2cc3c(ccc4ccccc43)c3c2-c2c1c1ccccc1c[n+]2CO3. The van der Waals surface area contributed by atoms with E-state index in [-0.39, 0.29) is 38.5 Å². The van der Waals surface area contributed by atoms with Crippen molar-refractivity contribution in [3.8, 4) is 51.0 Å². The van der Waals surface area contributed by atoms with Gasteiger partial charge in [0, 0.05) is 65.3 Å². The lowest BCUT2D eigenvalue weighted by atomic mass is 9.79.